The molecule has 0 amide bonds. The van der Waals surface area contributed by atoms with Gasteiger partial charge in [-0.1, -0.05) is 11.6 Å². The van der Waals surface area contributed by atoms with Gasteiger partial charge < -0.3 is 4.42 Å². The fraction of sp³-hybridized carbons (Fsp3) is 0.286. The molecular formula is C14H15ClN4O2. The van der Waals surface area contributed by atoms with E-state index in [2.05, 4.69) is 5.10 Å². The lowest BCUT2D eigenvalue weighted by atomic mass is 10.3. The summed E-state index contributed by atoms with van der Waals surface area (Å²) in [5.74, 6) is -0.384. The lowest BCUT2D eigenvalue weighted by Gasteiger charge is -2.15. The highest BCUT2D eigenvalue weighted by atomic mass is 35.5. The Labute approximate surface area is 126 Å². The van der Waals surface area contributed by atoms with E-state index in [9.17, 15) is 4.79 Å². The molecule has 0 aliphatic carbocycles. The first-order chi connectivity index (χ1) is 10.0. The molecule has 0 bridgehead atoms. The summed E-state index contributed by atoms with van der Waals surface area (Å²) in [6.07, 6.45) is 3.76. The first kappa shape index (κ1) is 13.9. The van der Waals surface area contributed by atoms with E-state index >= 15 is 0 Å². The van der Waals surface area contributed by atoms with Gasteiger partial charge in [0.15, 0.2) is 5.58 Å². The van der Waals surface area contributed by atoms with Gasteiger partial charge in [0.2, 0.25) is 0 Å². The third kappa shape index (κ3) is 2.86. The van der Waals surface area contributed by atoms with E-state index in [1.54, 1.807) is 27.4 Å². The van der Waals surface area contributed by atoms with Crippen molar-refractivity contribution >= 4 is 22.7 Å². The summed E-state index contributed by atoms with van der Waals surface area (Å²) in [6, 6.07) is 5.19. The van der Waals surface area contributed by atoms with Gasteiger partial charge in [-0.25, -0.2) is 4.79 Å². The van der Waals surface area contributed by atoms with Gasteiger partial charge in [-0.3, -0.25) is 14.1 Å². The van der Waals surface area contributed by atoms with Crippen LogP contribution in [0.1, 0.15) is 5.56 Å². The number of halogens is 1. The van der Waals surface area contributed by atoms with Gasteiger partial charge in [0, 0.05) is 36.4 Å². The first-order valence-corrected chi connectivity index (χ1v) is 6.85. The number of aryl methyl sites for hydroxylation is 1. The van der Waals surface area contributed by atoms with Gasteiger partial charge in [0.05, 0.1) is 18.4 Å². The standard InChI is InChI=1S/C14H15ClN4O2/c1-17(7-10-6-16-18(2)8-10)9-19-12-4-3-11(15)5-13(12)21-14(19)20/h3-6,8H,7,9H2,1-2H3. The second kappa shape index (κ2) is 5.38. The van der Waals surface area contributed by atoms with Gasteiger partial charge >= 0.3 is 5.76 Å². The Morgan fingerprint density at radius 3 is 2.95 bits per heavy atom. The number of aromatic nitrogens is 3. The highest BCUT2D eigenvalue weighted by Crippen LogP contribution is 2.18. The van der Waals surface area contributed by atoms with E-state index < -0.39 is 0 Å². The van der Waals surface area contributed by atoms with Crippen molar-refractivity contribution in [2.24, 2.45) is 7.05 Å². The molecule has 3 aromatic rings. The Bertz CT molecular complexity index is 833. The molecule has 0 aliphatic rings. The van der Waals surface area contributed by atoms with Gasteiger partial charge in [0.25, 0.3) is 0 Å². The summed E-state index contributed by atoms with van der Waals surface area (Å²) in [6.45, 7) is 1.13. The summed E-state index contributed by atoms with van der Waals surface area (Å²) >= 11 is 5.90. The van der Waals surface area contributed by atoms with Crippen LogP contribution in [0, 0.1) is 0 Å². The quantitative estimate of drug-likeness (QED) is 0.740. The smallest absolute Gasteiger partial charge is 0.408 e. The first-order valence-electron chi connectivity index (χ1n) is 6.48. The molecule has 7 heteroatoms. The maximum Gasteiger partial charge on any atom is 0.421 e. The minimum Gasteiger partial charge on any atom is -0.408 e. The number of oxazole rings is 1. The normalized spacial score (nSPS) is 11.6. The molecule has 3 rings (SSSR count). The molecule has 110 valence electrons. The number of nitrogens with zero attached hydrogens (tertiary/aromatic N) is 4. The third-order valence-electron chi connectivity index (χ3n) is 3.22. The summed E-state index contributed by atoms with van der Waals surface area (Å²) in [4.78, 5) is 14.0. The van der Waals surface area contributed by atoms with Crippen molar-refractivity contribution in [1.82, 2.24) is 19.2 Å². The zero-order valence-electron chi connectivity index (χ0n) is 11.8. The van der Waals surface area contributed by atoms with Crippen LogP contribution < -0.4 is 5.76 Å². The predicted octanol–water partition coefficient (Wildman–Crippen LogP) is 2.07. The van der Waals surface area contributed by atoms with Crippen molar-refractivity contribution in [1.29, 1.82) is 0 Å². The van der Waals surface area contributed by atoms with Crippen molar-refractivity contribution in [3.63, 3.8) is 0 Å². The summed E-state index contributed by atoms with van der Waals surface area (Å²) in [7, 11) is 3.81. The van der Waals surface area contributed by atoms with Gasteiger partial charge in [0.1, 0.15) is 0 Å². The molecular weight excluding hydrogens is 292 g/mol. The Morgan fingerprint density at radius 2 is 2.24 bits per heavy atom. The summed E-state index contributed by atoms with van der Waals surface area (Å²) in [5, 5.41) is 4.68. The van der Waals surface area contributed by atoms with E-state index in [4.69, 9.17) is 16.0 Å². The molecule has 0 unspecified atom stereocenters. The molecule has 2 aromatic heterocycles. The van der Waals surface area contributed by atoms with Crippen LogP contribution >= 0.6 is 11.6 Å². The number of benzene rings is 1. The predicted molar refractivity (Wildman–Crippen MR) is 80.2 cm³/mol. The van der Waals surface area contributed by atoms with Crippen molar-refractivity contribution in [3.8, 4) is 0 Å². The van der Waals surface area contributed by atoms with Crippen molar-refractivity contribution in [2.45, 2.75) is 13.2 Å². The molecule has 0 radical (unpaired) electrons. The molecule has 2 heterocycles. The zero-order valence-corrected chi connectivity index (χ0v) is 12.5. The lowest BCUT2D eigenvalue weighted by molar-refractivity contribution is 0.253. The van der Waals surface area contributed by atoms with Crippen LogP contribution in [0.15, 0.2) is 39.8 Å². The molecule has 0 atom stereocenters. The molecule has 0 saturated carbocycles. The molecule has 0 saturated heterocycles. The average Bonchev–Trinajstić information content (AvgIpc) is 2.94. The molecule has 0 spiro atoms. The van der Waals surface area contributed by atoms with Crippen LogP contribution in [0.4, 0.5) is 0 Å². The number of rotatable bonds is 4. The minimum atomic E-state index is -0.384. The fourth-order valence-electron chi connectivity index (χ4n) is 2.33. The van der Waals surface area contributed by atoms with Gasteiger partial charge in [-0.2, -0.15) is 5.10 Å². The molecule has 21 heavy (non-hydrogen) atoms. The Hall–Kier alpha value is -2.05. The van der Waals surface area contributed by atoms with Crippen molar-refractivity contribution in [3.05, 3.63) is 51.7 Å². The highest BCUT2D eigenvalue weighted by molar-refractivity contribution is 6.31. The Morgan fingerprint density at radius 1 is 1.43 bits per heavy atom. The SMILES string of the molecule is CN(Cc1cnn(C)c1)Cn1c(=O)oc2cc(Cl)ccc21. The molecule has 0 N–H and O–H groups in total. The summed E-state index contributed by atoms with van der Waals surface area (Å²) in [5.41, 5.74) is 2.33. The minimum absolute atomic E-state index is 0.384. The monoisotopic (exact) mass is 306 g/mol. The van der Waals surface area contributed by atoms with Crippen molar-refractivity contribution in [2.75, 3.05) is 7.05 Å². The molecule has 0 fully saturated rings. The van der Waals surface area contributed by atoms with E-state index in [-0.39, 0.29) is 5.76 Å². The third-order valence-corrected chi connectivity index (χ3v) is 3.46. The fourth-order valence-corrected chi connectivity index (χ4v) is 2.49. The highest BCUT2D eigenvalue weighted by Gasteiger charge is 2.12. The maximum absolute atomic E-state index is 12.0. The van der Waals surface area contributed by atoms with Gasteiger partial charge in [-0.15, -0.1) is 0 Å². The van der Waals surface area contributed by atoms with Gasteiger partial charge in [-0.05, 0) is 19.2 Å². The van der Waals surface area contributed by atoms with Crippen LogP contribution in [0.5, 0.6) is 0 Å². The van der Waals surface area contributed by atoms with Crippen molar-refractivity contribution < 1.29 is 4.42 Å². The van der Waals surface area contributed by atoms with Crippen LogP contribution in [-0.4, -0.2) is 26.3 Å². The van der Waals surface area contributed by atoms with Crippen LogP contribution in [-0.2, 0) is 20.3 Å². The number of hydrogen-bond acceptors (Lipinski definition) is 4. The lowest BCUT2D eigenvalue weighted by Crippen LogP contribution is -2.27. The van der Waals surface area contributed by atoms with E-state index in [1.807, 2.05) is 31.4 Å². The number of fused-ring (bicyclic) bond motifs is 1. The van der Waals surface area contributed by atoms with E-state index in [0.717, 1.165) is 11.1 Å². The largest absolute Gasteiger partial charge is 0.421 e. The van der Waals surface area contributed by atoms with Crippen LogP contribution in [0.25, 0.3) is 11.1 Å². The maximum atomic E-state index is 12.0. The van der Waals surface area contributed by atoms with Crippen LogP contribution in [0.2, 0.25) is 5.02 Å². The topological polar surface area (TPSA) is 56.2 Å². The van der Waals surface area contributed by atoms with E-state index in [0.29, 0.717) is 23.8 Å². The van der Waals surface area contributed by atoms with E-state index in [1.165, 1.54) is 0 Å². The molecule has 0 aliphatic heterocycles. The zero-order chi connectivity index (χ0) is 15.0. The Kier molecular flexibility index (Phi) is 3.57. The Balaban J connectivity index is 1.84. The van der Waals surface area contributed by atoms with Crippen LogP contribution in [0.3, 0.4) is 0 Å². The second-order valence-electron chi connectivity index (χ2n) is 5.09. The summed E-state index contributed by atoms with van der Waals surface area (Å²) < 4.78 is 8.55. The average molecular weight is 307 g/mol. The molecule has 1 aromatic carbocycles. The second-order valence-corrected chi connectivity index (χ2v) is 5.52. The number of hydrogen-bond donors (Lipinski definition) is 0. The molecule has 6 nitrogen and oxygen atoms in total.